The fraction of sp³-hybridized carbons (Fsp3) is 0.0588. The van der Waals surface area contributed by atoms with Crippen molar-refractivity contribution in [3.05, 3.63) is 70.4 Å². The van der Waals surface area contributed by atoms with Crippen molar-refractivity contribution in [3.63, 3.8) is 0 Å². The molecule has 0 saturated carbocycles. The number of rotatable bonds is 3. The van der Waals surface area contributed by atoms with E-state index in [1.54, 1.807) is 37.3 Å². The average molecular weight is 392 g/mol. The molecule has 0 radical (unpaired) electrons. The molecule has 134 valence electrons. The molecule has 3 rings (SSSR count). The molecule has 2 aromatic carbocycles. The molecule has 0 bridgehead atoms. The van der Waals surface area contributed by atoms with E-state index in [0.717, 1.165) is 5.56 Å². The van der Waals surface area contributed by atoms with Gasteiger partial charge in [-0.1, -0.05) is 35.9 Å². The van der Waals surface area contributed by atoms with Crippen molar-refractivity contribution < 1.29 is 18.3 Å². The van der Waals surface area contributed by atoms with Gasteiger partial charge in [0.15, 0.2) is 11.5 Å². The highest BCUT2D eigenvalue weighted by atomic mass is 35.5. The fourth-order valence-corrected chi connectivity index (χ4v) is 3.78. The Morgan fingerprint density at radius 1 is 1.15 bits per heavy atom. The van der Waals surface area contributed by atoms with Crippen LogP contribution < -0.4 is 10.1 Å². The smallest absolute Gasteiger partial charge is 0.292 e. The van der Waals surface area contributed by atoms with Crippen molar-refractivity contribution in [2.24, 2.45) is 5.10 Å². The number of aliphatic hydroxyl groups excluding tert-OH is 1. The number of hydrogen-bond donors (Lipinski definition) is 3. The maximum atomic E-state index is 12.3. The van der Waals surface area contributed by atoms with E-state index in [1.807, 2.05) is 0 Å². The third kappa shape index (κ3) is 3.42. The summed E-state index contributed by atoms with van der Waals surface area (Å²) in [7, 11) is -3.96. The SMILES string of the molecule is C/C(=N\NC(=O)C1=C(O)c2ccccc2S(=O)(=O)N1)c1ccc(Cl)cc1. The number of hydrogen-bond acceptors (Lipinski definition) is 5. The van der Waals surface area contributed by atoms with Gasteiger partial charge in [0.25, 0.3) is 15.9 Å². The van der Waals surface area contributed by atoms with Gasteiger partial charge in [0.1, 0.15) is 0 Å². The van der Waals surface area contributed by atoms with Gasteiger partial charge in [0, 0.05) is 10.6 Å². The van der Waals surface area contributed by atoms with Gasteiger partial charge >= 0.3 is 0 Å². The first-order valence-electron chi connectivity index (χ1n) is 7.45. The zero-order valence-electron chi connectivity index (χ0n) is 13.5. The lowest BCUT2D eigenvalue weighted by atomic mass is 10.1. The molecule has 1 aliphatic heterocycles. The van der Waals surface area contributed by atoms with E-state index in [0.29, 0.717) is 10.7 Å². The number of nitrogens with one attached hydrogen (secondary N) is 2. The summed E-state index contributed by atoms with van der Waals surface area (Å²) in [6.45, 7) is 1.66. The first-order valence-corrected chi connectivity index (χ1v) is 9.32. The summed E-state index contributed by atoms with van der Waals surface area (Å²) in [5, 5.41) is 14.8. The predicted molar refractivity (Wildman–Crippen MR) is 98.1 cm³/mol. The number of benzene rings is 2. The largest absolute Gasteiger partial charge is 0.505 e. The van der Waals surface area contributed by atoms with Gasteiger partial charge in [-0.3, -0.25) is 9.52 Å². The van der Waals surface area contributed by atoms with Crippen molar-refractivity contribution in [2.45, 2.75) is 11.8 Å². The molecular formula is C17H14ClN3O4S. The van der Waals surface area contributed by atoms with Crippen LogP contribution in [0.3, 0.4) is 0 Å². The summed E-state index contributed by atoms with van der Waals surface area (Å²) in [5.41, 5.74) is 3.00. The summed E-state index contributed by atoms with van der Waals surface area (Å²) in [4.78, 5) is 12.2. The quantitative estimate of drug-likeness (QED) is 0.551. The van der Waals surface area contributed by atoms with E-state index in [9.17, 15) is 18.3 Å². The minimum Gasteiger partial charge on any atom is -0.505 e. The van der Waals surface area contributed by atoms with Crippen LogP contribution in [0.15, 0.2) is 64.2 Å². The summed E-state index contributed by atoms with van der Waals surface area (Å²) in [6.07, 6.45) is 0. The Kier molecular flexibility index (Phi) is 4.71. The standard InChI is InChI=1S/C17H14ClN3O4S/c1-10(11-6-8-12(18)9-7-11)19-20-17(23)15-16(22)13-4-2-3-5-14(13)26(24,25)21-15/h2-9,21-22H,1H3,(H,20,23)/b19-10+. The van der Waals surface area contributed by atoms with Gasteiger partial charge in [-0.15, -0.1) is 0 Å². The van der Waals surface area contributed by atoms with Crippen molar-refractivity contribution in [2.75, 3.05) is 0 Å². The summed E-state index contributed by atoms with van der Waals surface area (Å²) in [6, 6.07) is 12.7. The van der Waals surface area contributed by atoms with E-state index in [-0.39, 0.29) is 10.5 Å². The second-order valence-electron chi connectivity index (χ2n) is 5.47. The van der Waals surface area contributed by atoms with E-state index in [4.69, 9.17) is 11.6 Å². The Morgan fingerprint density at radius 2 is 1.81 bits per heavy atom. The maximum absolute atomic E-state index is 12.3. The molecule has 26 heavy (non-hydrogen) atoms. The van der Waals surface area contributed by atoms with Gasteiger partial charge < -0.3 is 5.11 Å². The second-order valence-corrected chi connectivity index (χ2v) is 7.56. The van der Waals surface area contributed by atoms with Gasteiger partial charge in [-0.05, 0) is 36.8 Å². The molecule has 1 heterocycles. The van der Waals surface area contributed by atoms with Crippen LogP contribution in [0.5, 0.6) is 0 Å². The highest BCUT2D eigenvalue weighted by Gasteiger charge is 2.32. The molecular weight excluding hydrogens is 378 g/mol. The van der Waals surface area contributed by atoms with Gasteiger partial charge in [-0.2, -0.15) is 5.10 Å². The van der Waals surface area contributed by atoms with Crippen molar-refractivity contribution in [3.8, 4) is 0 Å². The van der Waals surface area contributed by atoms with E-state index in [2.05, 4.69) is 15.2 Å². The number of fused-ring (bicyclic) bond motifs is 1. The van der Waals surface area contributed by atoms with Crippen LogP contribution in [0.25, 0.3) is 5.76 Å². The molecule has 0 unspecified atom stereocenters. The molecule has 9 heteroatoms. The summed E-state index contributed by atoms with van der Waals surface area (Å²) < 4.78 is 26.6. The molecule has 7 nitrogen and oxygen atoms in total. The third-order valence-corrected chi connectivity index (χ3v) is 5.38. The number of sulfonamides is 1. The molecule has 2 aromatic rings. The Morgan fingerprint density at radius 3 is 2.50 bits per heavy atom. The number of hydrazone groups is 1. The third-order valence-electron chi connectivity index (χ3n) is 3.72. The lowest BCUT2D eigenvalue weighted by Crippen LogP contribution is -2.37. The maximum Gasteiger partial charge on any atom is 0.292 e. The summed E-state index contributed by atoms with van der Waals surface area (Å²) >= 11 is 5.82. The minimum atomic E-state index is -3.96. The van der Waals surface area contributed by atoms with Crippen molar-refractivity contribution in [1.82, 2.24) is 10.1 Å². The Hall–Kier alpha value is -2.84. The van der Waals surface area contributed by atoms with Crippen LogP contribution in [0.1, 0.15) is 18.1 Å². The topological polar surface area (TPSA) is 108 Å². The highest BCUT2D eigenvalue weighted by Crippen LogP contribution is 2.28. The number of amides is 1. The highest BCUT2D eigenvalue weighted by molar-refractivity contribution is 7.89. The first kappa shape index (κ1) is 18.0. The normalized spacial score (nSPS) is 15.8. The molecule has 3 N–H and O–H groups in total. The van der Waals surface area contributed by atoms with Gasteiger partial charge in [0.2, 0.25) is 0 Å². The fourth-order valence-electron chi connectivity index (χ4n) is 2.37. The van der Waals surface area contributed by atoms with Crippen LogP contribution in [0.2, 0.25) is 5.02 Å². The minimum absolute atomic E-state index is 0.0507. The van der Waals surface area contributed by atoms with Gasteiger partial charge in [0.05, 0.1) is 10.6 Å². The lowest BCUT2D eigenvalue weighted by molar-refractivity contribution is -0.117. The number of aliphatic hydroxyl groups is 1. The molecule has 0 atom stereocenters. The zero-order chi connectivity index (χ0) is 18.9. The van der Waals surface area contributed by atoms with Crippen molar-refractivity contribution >= 4 is 39.0 Å². The number of carbonyl (C=O) groups is 1. The van der Waals surface area contributed by atoms with E-state index >= 15 is 0 Å². The van der Waals surface area contributed by atoms with Crippen LogP contribution in [-0.4, -0.2) is 25.1 Å². The van der Waals surface area contributed by atoms with Crippen molar-refractivity contribution in [1.29, 1.82) is 0 Å². The van der Waals surface area contributed by atoms with Crippen LogP contribution in [0.4, 0.5) is 0 Å². The monoisotopic (exact) mass is 391 g/mol. The van der Waals surface area contributed by atoms with Gasteiger partial charge in [-0.25, -0.2) is 13.8 Å². The van der Waals surface area contributed by atoms with Crippen LogP contribution in [0, 0.1) is 0 Å². The second kappa shape index (κ2) is 6.81. The molecule has 1 aliphatic rings. The van der Waals surface area contributed by atoms with E-state index in [1.165, 1.54) is 18.2 Å². The van der Waals surface area contributed by atoms with Crippen LogP contribution in [-0.2, 0) is 14.8 Å². The molecule has 0 aliphatic carbocycles. The Labute approximate surface area is 155 Å². The number of halogens is 1. The molecule has 1 amide bonds. The average Bonchev–Trinajstić information content (AvgIpc) is 2.63. The molecule has 0 aromatic heterocycles. The first-order chi connectivity index (χ1) is 12.3. The molecule has 0 saturated heterocycles. The van der Waals surface area contributed by atoms with E-state index < -0.39 is 27.4 Å². The molecule has 0 fully saturated rings. The lowest BCUT2D eigenvalue weighted by Gasteiger charge is -2.20. The Bertz CT molecular complexity index is 1040. The Balaban J connectivity index is 1.88. The zero-order valence-corrected chi connectivity index (χ0v) is 15.1. The summed E-state index contributed by atoms with van der Waals surface area (Å²) in [5.74, 6) is -1.35. The number of carbonyl (C=O) groups excluding carboxylic acids is 1. The predicted octanol–water partition coefficient (Wildman–Crippen LogP) is 2.40. The molecule has 0 spiro atoms. The van der Waals surface area contributed by atoms with Crippen LogP contribution >= 0.6 is 11.6 Å². The number of nitrogens with zero attached hydrogens (tertiary/aromatic N) is 1.